The summed E-state index contributed by atoms with van der Waals surface area (Å²) in [4.78, 5) is 23.0. The monoisotopic (exact) mass is 227 g/mol. The smallest absolute Gasteiger partial charge is 0.251 e. The highest BCUT2D eigenvalue weighted by Gasteiger charge is 2.25. The standard InChI is InChI=1S/C13H13N3O/c17-13-8-11(9-4-5-9)15-12(16-13)7-10-3-1-2-6-14-10/h1-3,6,8-9H,4-5,7H2,(H,15,16,17). The number of hydrogen-bond acceptors (Lipinski definition) is 3. The van der Waals surface area contributed by atoms with E-state index in [9.17, 15) is 4.79 Å². The Morgan fingerprint density at radius 2 is 2.24 bits per heavy atom. The summed E-state index contributed by atoms with van der Waals surface area (Å²) in [7, 11) is 0. The van der Waals surface area contributed by atoms with Crippen LogP contribution in [0.4, 0.5) is 0 Å². The number of pyridine rings is 1. The Morgan fingerprint density at radius 3 is 2.94 bits per heavy atom. The van der Waals surface area contributed by atoms with E-state index in [-0.39, 0.29) is 5.56 Å². The van der Waals surface area contributed by atoms with Crippen molar-refractivity contribution in [2.24, 2.45) is 0 Å². The fourth-order valence-corrected chi connectivity index (χ4v) is 1.87. The van der Waals surface area contributed by atoms with Gasteiger partial charge in [-0.3, -0.25) is 9.78 Å². The molecule has 0 aromatic carbocycles. The summed E-state index contributed by atoms with van der Waals surface area (Å²) in [5.41, 5.74) is 1.79. The second kappa shape index (κ2) is 4.13. The average Bonchev–Trinajstić information content (AvgIpc) is 3.13. The molecule has 4 nitrogen and oxygen atoms in total. The van der Waals surface area contributed by atoms with Gasteiger partial charge in [0.25, 0.3) is 5.56 Å². The van der Waals surface area contributed by atoms with Crippen LogP contribution in [0.15, 0.2) is 35.3 Å². The predicted octanol–water partition coefficient (Wildman–Crippen LogP) is 1.63. The Labute approximate surface area is 98.8 Å². The summed E-state index contributed by atoms with van der Waals surface area (Å²) in [5, 5.41) is 0. The molecule has 0 atom stereocenters. The summed E-state index contributed by atoms with van der Waals surface area (Å²) in [6.45, 7) is 0. The van der Waals surface area contributed by atoms with Crippen LogP contribution in [-0.2, 0) is 6.42 Å². The van der Waals surface area contributed by atoms with Crippen LogP contribution in [-0.4, -0.2) is 15.0 Å². The van der Waals surface area contributed by atoms with Gasteiger partial charge in [-0.15, -0.1) is 0 Å². The highest BCUT2D eigenvalue weighted by Crippen LogP contribution is 2.38. The summed E-state index contributed by atoms with van der Waals surface area (Å²) in [6, 6.07) is 7.36. The highest BCUT2D eigenvalue weighted by atomic mass is 16.1. The molecule has 0 unspecified atom stereocenters. The predicted molar refractivity (Wildman–Crippen MR) is 63.9 cm³/mol. The van der Waals surface area contributed by atoms with E-state index in [1.54, 1.807) is 12.3 Å². The third-order valence-electron chi connectivity index (χ3n) is 2.88. The van der Waals surface area contributed by atoms with Crippen LogP contribution in [0.25, 0.3) is 0 Å². The van der Waals surface area contributed by atoms with Crippen LogP contribution >= 0.6 is 0 Å². The lowest BCUT2D eigenvalue weighted by atomic mass is 10.2. The first-order valence-corrected chi connectivity index (χ1v) is 5.81. The molecule has 0 amide bonds. The van der Waals surface area contributed by atoms with Crippen molar-refractivity contribution < 1.29 is 0 Å². The zero-order valence-corrected chi connectivity index (χ0v) is 9.39. The molecule has 0 radical (unpaired) electrons. The van der Waals surface area contributed by atoms with Gasteiger partial charge in [-0.05, 0) is 25.0 Å². The second-order valence-electron chi connectivity index (χ2n) is 4.39. The van der Waals surface area contributed by atoms with Gasteiger partial charge in [-0.2, -0.15) is 0 Å². The number of aromatic amines is 1. The van der Waals surface area contributed by atoms with E-state index >= 15 is 0 Å². The van der Waals surface area contributed by atoms with Crippen molar-refractivity contribution in [3.05, 3.63) is 58.0 Å². The van der Waals surface area contributed by atoms with Crippen molar-refractivity contribution in [3.8, 4) is 0 Å². The summed E-state index contributed by atoms with van der Waals surface area (Å²) in [6.07, 6.45) is 4.63. The number of nitrogens with zero attached hydrogens (tertiary/aromatic N) is 2. The summed E-state index contributed by atoms with van der Waals surface area (Å²) >= 11 is 0. The van der Waals surface area contributed by atoms with Gasteiger partial charge >= 0.3 is 0 Å². The fraction of sp³-hybridized carbons (Fsp3) is 0.308. The SMILES string of the molecule is O=c1cc(C2CC2)nc(Cc2ccccn2)[nH]1. The molecule has 1 aliphatic carbocycles. The minimum Gasteiger partial charge on any atom is -0.310 e. The van der Waals surface area contributed by atoms with Crippen molar-refractivity contribution >= 4 is 0 Å². The maximum absolute atomic E-state index is 11.5. The first-order chi connectivity index (χ1) is 8.31. The minimum absolute atomic E-state index is 0.0622. The van der Waals surface area contributed by atoms with E-state index < -0.39 is 0 Å². The van der Waals surface area contributed by atoms with Crippen LogP contribution < -0.4 is 5.56 Å². The van der Waals surface area contributed by atoms with Gasteiger partial charge in [0.05, 0.1) is 5.69 Å². The van der Waals surface area contributed by atoms with E-state index in [4.69, 9.17) is 0 Å². The van der Waals surface area contributed by atoms with Crippen LogP contribution in [0.5, 0.6) is 0 Å². The van der Waals surface area contributed by atoms with Gasteiger partial charge in [0.1, 0.15) is 5.82 Å². The van der Waals surface area contributed by atoms with E-state index in [0.29, 0.717) is 18.2 Å². The number of aromatic nitrogens is 3. The molecule has 17 heavy (non-hydrogen) atoms. The molecule has 1 fully saturated rings. The van der Waals surface area contributed by atoms with Crippen molar-refractivity contribution in [1.82, 2.24) is 15.0 Å². The van der Waals surface area contributed by atoms with E-state index in [2.05, 4.69) is 15.0 Å². The molecule has 1 aliphatic rings. The largest absolute Gasteiger partial charge is 0.310 e. The lowest BCUT2D eigenvalue weighted by Crippen LogP contribution is -2.13. The number of nitrogens with one attached hydrogen (secondary N) is 1. The van der Waals surface area contributed by atoms with Crippen LogP contribution in [0.3, 0.4) is 0 Å². The van der Waals surface area contributed by atoms with Gasteiger partial charge < -0.3 is 4.98 Å². The third kappa shape index (κ3) is 2.41. The van der Waals surface area contributed by atoms with Gasteiger partial charge in [0, 0.05) is 30.3 Å². The average molecular weight is 227 g/mol. The number of rotatable bonds is 3. The Bertz CT molecular complexity index is 573. The van der Waals surface area contributed by atoms with Crippen LogP contribution in [0.1, 0.15) is 36.0 Å². The van der Waals surface area contributed by atoms with Crippen LogP contribution in [0, 0.1) is 0 Å². The highest BCUT2D eigenvalue weighted by molar-refractivity contribution is 5.16. The molecule has 3 rings (SSSR count). The molecule has 2 aromatic rings. The van der Waals surface area contributed by atoms with Crippen molar-refractivity contribution in [2.45, 2.75) is 25.2 Å². The van der Waals surface area contributed by atoms with Crippen LogP contribution in [0.2, 0.25) is 0 Å². The first-order valence-electron chi connectivity index (χ1n) is 5.81. The van der Waals surface area contributed by atoms with E-state index in [1.807, 2.05) is 18.2 Å². The molecular weight excluding hydrogens is 214 g/mol. The topological polar surface area (TPSA) is 58.6 Å². The zero-order valence-electron chi connectivity index (χ0n) is 9.39. The Morgan fingerprint density at radius 1 is 1.35 bits per heavy atom. The molecule has 4 heteroatoms. The Hall–Kier alpha value is -1.97. The van der Waals surface area contributed by atoms with Crippen molar-refractivity contribution in [3.63, 3.8) is 0 Å². The molecule has 1 N–H and O–H groups in total. The van der Waals surface area contributed by atoms with E-state index in [0.717, 1.165) is 24.2 Å². The molecule has 2 heterocycles. The van der Waals surface area contributed by atoms with E-state index in [1.165, 1.54) is 0 Å². The maximum Gasteiger partial charge on any atom is 0.251 e. The minimum atomic E-state index is -0.0622. The van der Waals surface area contributed by atoms with Crippen molar-refractivity contribution in [1.29, 1.82) is 0 Å². The molecule has 0 bridgehead atoms. The quantitative estimate of drug-likeness (QED) is 0.867. The van der Waals surface area contributed by atoms with Gasteiger partial charge in [0.2, 0.25) is 0 Å². The number of H-pyrrole nitrogens is 1. The van der Waals surface area contributed by atoms with Gasteiger partial charge in [-0.25, -0.2) is 4.98 Å². The molecular formula is C13H13N3O. The maximum atomic E-state index is 11.5. The molecule has 0 saturated heterocycles. The third-order valence-corrected chi connectivity index (χ3v) is 2.88. The normalized spacial score (nSPS) is 14.8. The zero-order chi connectivity index (χ0) is 11.7. The Kier molecular flexibility index (Phi) is 2.48. The summed E-state index contributed by atoms with van der Waals surface area (Å²) < 4.78 is 0. The molecule has 0 aliphatic heterocycles. The second-order valence-corrected chi connectivity index (χ2v) is 4.39. The Balaban J connectivity index is 1.90. The molecule has 2 aromatic heterocycles. The first kappa shape index (κ1) is 10.2. The van der Waals surface area contributed by atoms with Gasteiger partial charge in [-0.1, -0.05) is 6.07 Å². The lowest BCUT2D eigenvalue weighted by molar-refractivity contribution is 0.868. The van der Waals surface area contributed by atoms with Gasteiger partial charge in [0.15, 0.2) is 0 Å². The number of hydrogen-bond donors (Lipinski definition) is 1. The molecule has 1 saturated carbocycles. The lowest BCUT2D eigenvalue weighted by Gasteiger charge is -2.02. The van der Waals surface area contributed by atoms with Crippen molar-refractivity contribution in [2.75, 3.05) is 0 Å². The fourth-order valence-electron chi connectivity index (χ4n) is 1.87. The molecule has 0 spiro atoms. The molecule has 86 valence electrons. The summed E-state index contributed by atoms with van der Waals surface area (Å²) in [5.74, 6) is 1.21.